The fourth-order valence-electron chi connectivity index (χ4n) is 8.12. The van der Waals surface area contributed by atoms with Crippen LogP contribution in [-0.4, -0.2) is 0 Å². The SMILES string of the molecule is Cc1c(-c2cccc(-c3ccc(-c4ccc(N(c5ccc(-c6cccc7ccccc67)cc5)c5cccc(-c6ccccc6)c5)cc4)cc3)c2)oc2ccccc12. The molecule has 0 fully saturated rings. The van der Waals surface area contributed by atoms with Gasteiger partial charge in [-0.3, -0.25) is 0 Å². The highest BCUT2D eigenvalue weighted by atomic mass is 16.3. The van der Waals surface area contributed by atoms with E-state index in [-0.39, 0.29) is 0 Å². The van der Waals surface area contributed by atoms with Gasteiger partial charge in [0.05, 0.1) is 0 Å². The van der Waals surface area contributed by atoms with Gasteiger partial charge in [0.2, 0.25) is 0 Å². The van der Waals surface area contributed by atoms with E-state index >= 15 is 0 Å². The molecule has 0 radical (unpaired) electrons. The number of rotatable bonds is 8. The van der Waals surface area contributed by atoms with Crippen LogP contribution >= 0.6 is 0 Å². The Morgan fingerprint density at radius 2 is 0.825 bits per heavy atom. The molecular formula is C55H39NO. The third-order valence-electron chi connectivity index (χ3n) is 11.1. The maximum absolute atomic E-state index is 6.30. The molecule has 0 aliphatic rings. The van der Waals surface area contributed by atoms with Crippen LogP contribution in [-0.2, 0) is 0 Å². The molecule has 0 spiro atoms. The molecule has 2 nitrogen and oxygen atoms in total. The highest BCUT2D eigenvalue weighted by Gasteiger charge is 2.16. The number of hydrogen-bond donors (Lipinski definition) is 0. The summed E-state index contributed by atoms with van der Waals surface area (Å²) in [6.07, 6.45) is 0. The van der Waals surface area contributed by atoms with Gasteiger partial charge in [0.15, 0.2) is 0 Å². The Morgan fingerprint density at radius 1 is 0.333 bits per heavy atom. The molecular weight excluding hydrogens is 691 g/mol. The summed E-state index contributed by atoms with van der Waals surface area (Å²) < 4.78 is 6.30. The van der Waals surface area contributed by atoms with Crippen molar-refractivity contribution in [2.75, 3.05) is 4.90 Å². The van der Waals surface area contributed by atoms with Crippen molar-refractivity contribution in [3.05, 3.63) is 224 Å². The molecule has 2 heteroatoms. The Labute approximate surface area is 333 Å². The van der Waals surface area contributed by atoms with E-state index in [0.29, 0.717) is 0 Å². The predicted octanol–water partition coefficient (Wildman–Crippen LogP) is 15.7. The second-order valence-corrected chi connectivity index (χ2v) is 14.6. The normalized spacial score (nSPS) is 11.2. The number of furan rings is 1. The standard InChI is InChI=1S/C55H39NO/c1-38-51-20-7-8-23-54(51)57-55(38)47-18-9-16-45(36-47)42-26-24-40(25-27-42)41-28-32-48(33-29-41)56(50-19-10-17-46(37-50)39-12-3-2-4-13-39)49-34-30-44(31-35-49)53-22-11-15-43-14-5-6-21-52(43)53/h2-37H,1H3. The van der Waals surface area contributed by atoms with E-state index in [2.05, 4.69) is 218 Å². The van der Waals surface area contributed by atoms with E-state index in [1.165, 1.54) is 55.3 Å². The lowest BCUT2D eigenvalue weighted by atomic mass is 9.97. The summed E-state index contributed by atoms with van der Waals surface area (Å²) in [7, 11) is 0. The van der Waals surface area contributed by atoms with Crippen LogP contribution in [0.1, 0.15) is 5.56 Å². The summed E-state index contributed by atoms with van der Waals surface area (Å²) >= 11 is 0. The lowest BCUT2D eigenvalue weighted by Gasteiger charge is -2.26. The van der Waals surface area contributed by atoms with Gasteiger partial charge in [-0.05, 0) is 111 Å². The zero-order valence-corrected chi connectivity index (χ0v) is 31.6. The summed E-state index contributed by atoms with van der Waals surface area (Å²) in [5.41, 5.74) is 16.0. The average Bonchev–Trinajstić information content (AvgIpc) is 3.63. The van der Waals surface area contributed by atoms with E-state index < -0.39 is 0 Å². The van der Waals surface area contributed by atoms with E-state index in [9.17, 15) is 0 Å². The third kappa shape index (κ3) is 6.58. The van der Waals surface area contributed by atoms with Crippen molar-refractivity contribution in [1.82, 2.24) is 0 Å². The first-order valence-corrected chi connectivity index (χ1v) is 19.5. The van der Waals surface area contributed by atoms with Crippen LogP contribution in [0.2, 0.25) is 0 Å². The largest absolute Gasteiger partial charge is 0.456 e. The fourth-order valence-corrected chi connectivity index (χ4v) is 8.12. The average molecular weight is 730 g/mol. The van der Waals surface area contributed by atoms with Crippen molar-refractivity contribution < 1.29 is 4.42 Å². The lowest BCUT2D eigenvalue weighted by Crippen LogP contribution is -2.10. The highest BCUT2D eigenvalue weighted by Crippen LogP contribution is 2.40. The summed E-state index contributed by atoms with van der Waals surface area (Å²) in [4.78, 5) is 2.35. The summed E-state index contributed by atoms with van der Waals surface area (Å²) in [5.74, 6) is 0.927. The predicted molar refractivity (Wildman–Crippen MR) is 240 cm³/mol. The molecule has 0 atom stereocenters. The Kier molecular flexibility index (Phi) is 8.78. The van der Waals surface area contributed by atoms with E-state index in [4.69, 9.17) is 4.42 Å². The van der Waals surface area contributed by atoms with Gasteiger partial charge in [0.1, 0.15) is 11.3 Å². The van der Waals surface area contributed by atoms with Crippen molar-refractivity contribution in [2.45, 2.75) is 6.92 Å². The molecule has 0 aliphatic heterocycles. The van der Waals surface area contributed by atoms with Crippen LogP contribution in [0.3, 0.4) is 0 Å². The summed E-state index contributed by atoms with van der Waals surface area (Å²) in [6, 6.07) is 78.2. The van der Waals surface area contributed by atoms with Crippen LogP contribution in [0.5, 0.6) is 0 Å². The van der Waals surface area contributed by atoms with Crippen molar-refractivity contribution >= 4 is 38.8 Å². The molecule has 0 N–H and O–H groups in total. The number of fused-ring (bicyclic) bond motifs is 2. The van der Waals surface area contributed by atoms with Gasteiger partial charge in [0, 0.05) is 33.6 Å². The lowest BCUT2D eigenvalue weighted by molar-refractivity contribution is 0.629. The molecule has 10 rings (SSSR count). The van der Waals surface area contributed by atoms with Crippen LogP contribution in [0, 0.1) is 6.92 Å². The number of nitrogens with zero attached hydrogens (tertiary/aromatic N) is 1. The minimum Gasteiger partial charge on any atom is -0.456 e. The number of hydrogen-bond acceptors (Lipinski definition) is 2. The first kappa shape index (κ1) is 34.1. The molecule has 0 aliphatic carbocycles. The van der Waals surface area contributed by atoms with Crippen LogP contribution in [0.4, 0.5) is 17.1 Å². The topological polar surface area (TPSA) is 16.4 Å². The monoisotopic (exact) mass is 729 g/mol. The van der Waals surface area contributed by atoms with Crippen molar-refractivity contribution in [1.29, 1.82) is 0 Å². The second-order valence-electron chi connectivity index (χ2n) is 14.6. The fraction of sp³-hybridized carbons (Fsp3) is 0.0182. The van der Waals surface area contributed by atoms with Crippen molar-refractivity contribution in [3.63, 3.8) is 0 Å². The van der Waals surface area contributed by atoms with Crippen LogP contribution < -0.4 is 4.90 Å². The highest BCUT2D eigenvalue weighted by molar-refractivity contribution is 5.97. The molecule has 10 aromatic rings. The second kappa shape index (κ2) is 14.7. The van der Waals surface area contributed by atoms with Crippen molar-refractivity contribution in [3.8, 4) is 55.8 Å². The van der Waals surface area contributed by atoms with Gasteiger partial charge in [-0.2, -0.15) is 0 Å². The van der Waals surface area contributed by atoms with E-state index in [1.54, 1.807) is 0 Å². The molecule has 0 amide bonds. The summed E-state index contributed by atoms with van der Waals surface area (Å²) in [5, 5.41) is 3.67. The van der Waals surface area contributed by atoms with Gasteiger partial charge >= 0.3 is 0 Å². The number of para-hydroxylation sites is 1. The quantitative estimate of drug-likeness (QED) is 0.155. The van der Waals surface area contributed by atoms with Gasteiger partial charge in [0.25, 0.3) is 0 Å². The molecule has 1 aromatic heterocycles. The van der Waals surface area contributed by atoms with Crippen molar-refractivity contribution in [2.24, 2.45) is 0 Å². The van der Waals surface area contributed by atoms with Gasteiger partial charge in [-0.1, -0.05) is 170 Å². The molecule has 0 bridgehead atoms. The molecule has 1 heterocycles. The minimum atomic E-state index is 0.921. The van der Waals surface area contributed by atoms with E-state index in [1.807, 2.05) is 12.1 Å². The van der Waals surface area contributed by atoms with Gasteiger partial charge in [-0.15, -0.1) is 0 Å². The molecule has 0 saturated heterocycles. The molecule has 9 aromatic carbocycles. The number of anilines is 3. The molecule has 0 saturated carbocycles. The Morgan fingerprint density at radius 3 is 1.54 bits per heavy atom. The molecule has 57 heavy (non-hydrogen) atoms. The maximum atomic E-state index is 6.30. The smallest absolute Gasteiger partial charge is 0.138 e. The number of benzene rings is 9. The van der Waals surface area contributed by atoms with Gasteiger partial charge < -0.3 is 9.32 Å². The first-order chi connectivity index (χ1) is 28.2. The van der Waals surface area contributed by atoms with Crippen LogP contribution in [0.15, 0.2) is 223 Å². The Hall–Kier alpha value is -7.42. The zero-order chi connectivity index (χ0) is 38.1. The van der Waals surface area contributed by atoms with Crippen LogP contribution in [0.25, 0.3) is 77.6 Å². The third-order valence-corrected chi connectivity index (χ3v) is 11.1. The zero-order valence-electron chi connectivity index (χ0n) is 31.6. The summed E-state index contributed by atoms with van der Waals surface area (Å²) in [6.45, 7) is 2.14. The first-order valence-electron chi connectivity index (χ1n) is 19.5. The molecule has 270 valence electrons. The minimum absolute atomic E-state index is 0.921. The Balaban J connectivity index is 0.967. The number of aryl methyl sites for hydroxylation is 1. The van der Waals surface area contributed by atoms with E-state index in [0.717, 1.165) is 44.9 Å². The Bertz CT molecular complexity index is 2990. The molecule has 0 unspecified atom stereocenters. The maximum Gasteiger partial charge on any atom is 0.138 e. The van der Waals surface area contributed by atoms with Gasteiger partial charge in [-0.25, -0.2) is 0 Å².